The zero-order chi connectivity index (χ0) is 17.5. The molecule has 23 heavy (non-hydrogen) atoms. The van der Waals surface area contributed by atoms with E-state index >= 15 is 0 Å². The zero-order valence-corrected chi connectivity index (χ0v) is 14.0. The van der Waals surface area contributed by atoms with Crippen molar-refractivity contribution in [3.8, 4) is 0 Å². The van der Waals surface area contributed by atoms with Crippen LogP contribution < -0.4 is 0 Å². The minimum atomic E-state index is -4.47. The van der Waals surface area contributed by atoms with Gasteiger partial charge in [-0.3, -0.25) is 0 Å². The smallest absolute Gasteiger partial charge is 0.378 e. The maximum Gasteiger partial charge on any atom is 0.416 e. The van der Waals surface area contributed by atoms with Crippen molar-refractivity contribution in [2.24, 2.45) is 0 Å². The Hall–Kier alpha value is -1.52. The molecule has 130 valence electrons. The van der Waals surface area contributed by atoms with Gasteiger partial charge in [-0.15, -0.1) is 0 Å². The molecule has 0 aromatic rings. The number of allylic oxidation sites excluding steroid dienone is 8. The van der Waals surface area contributed by atoms with Crippen molar-refractivity contribution in [2.75, 3.05) is 13.6 Å². The highest BCUT2D eigenvalue weighted by Crippen LogP contribution is 2.31. The van der Waals surface area contributed by atoms with Crippen LogP contribution in [0.5, 0.6) is 0 Å². The molecule has 0 bridgehead atoms. The number of halogens is 4. The summed E-state index contributed by atoms with van der Waals surface area (Å²) in [4.78, 5) is 2.08. The van der Waals surface area contributed by atoms with Crippen molar-refractivity contribution >= 4 is 0 Å². The third-order valence-electron chi connectivity index (χ3n) is 3.87. The maximum absolute atomic E-state index is 14.0. The molecule has 1 fully saturated rings. The molecule has 0 amide bonds. The second-order valence-corrected chi connectivity index (χ2v) is 5.65. The normalized spacial score (nSPS) is 20.4. The van der Waals surface area contributed by atoms with Crippen LogP contribution in [0.3, 0.4) is 0 Å². The van der Waals surface area contributed by atoms with Gasteiger partial charge >= 0.3 is 6.18 Å². The topological polar surface area (TPSA) is 3.24 Å². The molecule has 1 saturated heterocycles. The summed E-state index contributed by atoms with van der Waals surface area (Å²) in [5.41, 5.74) is 0.345. The van der Waals surface area contributed by atoms with Crippen LogP contribution in [0.2, 0.25) is 0 Å². The Morgan fingerprint density at radius 2 is 1.96 bits per heavy atom. The summed E-state index contributed by atoms with van der Waals surface area (Å²) in [7, 11) is 1.96. The molecular weight excluding hydrogens is 306 g/mol. The van der Waals surface area contributed by atoms with E-state index in [1.165, 1.54) is 13.0 Å². The Morgan fingerprint density at radius 1 is 1.26 bits per heavy atom. The van der Waals surface area contributed by atoms with Crippen LogP contribution in [0.4, 0.5) is 17.6 Å². The summed E-state index contributed by atoms with van der Waals surface area (Å²) >= 11 is 0. The van der Waals surface area contributed by atoms with Gasteiger partial charge in [0, 0.05) is 19.3 Å². The first-order valence-electron chi connectivity index (χ1n) is 7.99. The molecule has 0 radical (unpaired) electrons. The van der Waals surface area contributed by atoms with Crippen molar-refractivity contribution in [3.05, 3.63) is 47.0 Å². The second kappa shape index (κ2) is 8.94. The van der Waals surface area contributed by atoms with Gasteiger partial charge in [-0.25, -0.2) is 4.39 Å². The van der Waals surface area contributed by atoms with E-state index in [9.17, 15) is 17.6 Å². The second-order valence-electron chi connectivity index (χ2n) is 5.65. The fraction of sp³-hybridized carbons (Fsp3) is 0.556. The van der Waals surface area contributed by atoms with Gasteiger partial charge in [0.1, 0.15) is 5.83 Å². The van der Waals surface area contributed by atoms with Crippen LogP contribution in [0.25, 0.3) is 0 Å². The van der Waals surface area contributed by atoms with Crippen molar-refractivity contribution in [3.63, 3.8) is 0 Å². The van der Waals surface area contributed by atoms with Gasteiger partial charge in [-0.05, 0) is 50.7 Å². The van der Waals surface area contributed by atoms with Crippen molar-refractivity contribution in [1.82, 2.24) is 4.90 Å². The molecule has 5 heteroatoms. The summed E-state index contributed by atoms with van der Waals surface area (Å²) in [6.07, 6.45) is 4.06. The average Bonchev–Trinajstić information content (AvgIpc) is 2.50. The molecule has 0 unspecified atom stereocenters. The third kappa shape index (κ3) is 6.24. The van der Waals surface area contributed by atoms with Crippen molar-refractivity contribution in [2.45, 2.75) is 52.1 Å². The van der Waals surface area contributed by atoms with Crippen LogP contribution in [-0.2, 0) is 0 Å². The van der Waals surface area contributed by atoms with E-state index in [1.807, 2.05) is 13.1 Å². The van der Waals surface area contributed by atoms with Crippen LogP contribution in [0, 0.1) is 0 Å². The summed E-state index contributed by atoms with van der Waals surface area (Å²) in [5.74, 6) is -0.605. The molecule has 0 saturated carbocycles. The zero-order valence-electron chi connectivity index (χ0n) is 14.0. The highest BCUT2D eigenvalue weighted by molar-refractivity contribution is 5.37. The van der Waals surface area contributed by atoms with E-state index in [0.717, 1.165) is 43.7 Å². The lowest BCUT2D eigenvalue weighted by Crippen LogP contribution is -2.23. The highest BCUT2D eigenvalue weighted by atomic mass is 19.4. The van der Waals surface area contributed by atoms with Gasteiger partial charge < -0.3 is 4.90 Å². The van der Waals surface area contributed by atoms with E-state index in [4.69, 9.17) is 0 Å². The molecule has 0 aromatic heterocycles. The van der Waals surface area contributed by atoms with Crippen LogP contribution >= 0.6 is 0 Å². The van der Waals surface area contributed by atoms with Crippen molar-refractivity contribution in [1.29, 1.82) is 0 Å². The van der Waals surface area contributed by atoms with Crippen LogP contribution in [0.15, 0.2) is 47.0 Å². The largest absolute Gasteiger partial charge is 0.416 e. The van der Waals surface area contributed by atoms with E-state index < -0.39 is 17.6 Å². The molecule has 1 aliphatic heterocycles. The SMILES string of the molecule is C\C=C(F)/C(=C\C(=C\CC)C(F)(F)F)C/C=C1/CCCCN1C. The number of hydrogen-bond acceptors (Lipinski definition) is 1. The summed E-state index contributed by atoms with van der Waals surface area (Å²) in [6.45, 7) is 4.05. The maximum atomic E-state index is 14.0. The van der Waals surface area contributed by atoms with E-state index in [1.54, 1.807) is 6.92 Å². The Bertz CT molecular complexity index is 510. The minimum Gasteiger partial charge on any atom is -0.378 e. The predicted molar refractivity (Wildman–Crippen MR) is 86.6 cm³/mol. The molecule has 0 spiro atoms. The monoisotopic (exact) mass is 331 g/mol. The standard InChI is InChI=1S/C18H25F4N/c1-4-8-15(18(20,21)22)13-14(17(19)5-2)10-11-16-9-6-7-12-23(16)3/h5,8,11,13H,4,6-7,9-10,12H2,1-3H3/b14-13-,15-8-,16-11-,17-5+. The minimum absolute atomic E-state index is 0.0657. The Balaban J connectivity index is 3.07. The molecule has 1 heterocycles. The first-order chi connectivity index (χ1) is 10.8. The summed E-state index contributed by atoms with van der Waals surface area (Å²) < 4.78 is 53.0. The van der Waals surface area contributed by atoms with Crippen molar-refractivity contribution < 1.29 is 17.6 Å². The molecule has 0 atom stereocenters. The fourth-order valence-electron chi connectivity index (χ4n) is 2.55. The van der Waals surface area contributed by atoms with E-state index in [0.29, 0.717) is 0 Å². The molecule has 0 aliphatic carbocycles. The fourth-order valence-corrected chi connectivity index (χ4v) is 2.55. The number of nitrogens with zero attached hydrogens (tertiary/aromatic N) is 1. The van der Waals surface area contributed by atoms with Gasteiger partial charge in [-0.2, -0.15) is 13.2 Å². The van der Waals surface area contributed by atoms with Gasteiger partial charge in [-0.1, -0.05) is 25.2 Å². The van der Waals surface area contributed by atoms with Crippen LogP contribution in [-0.4, -0.2) is 24.7 Å². The van der Waals surface area contributed by atoms with Gasteiger partial charge in [0.2, 0.25) is 0 Å². The Morgan fingerprint density at radius 3 is 2.48 bits per heavy atom. The first-order valence-corrected chi connectivity index (χ1v) is 7.99. The molecule has 1 rings (SSSR count). The number of hydrogen-bond donors (Lipinski definition) is 0. The summed E-state index contributed by atoms with van der Waals surface area (Å²) in [6, 6.07) is 0. The molecule has 1 nitrogen and oxygen atoms in total. The Kier molecular flexibility index (Phi) is 7.59. The molecular formula is C18H25F4N. The summed E-state index contributed by atoms with van der Waals surface area (Å²) in [5, 5.41) is 0. The third-order valence-corrected chi connectivity index (χ3v) is 3.87. The van der Waals surface area contributed by atoms with Crippen LogP contribution in [0.1, 0.15) is 46.0 Å². The molecule has 1 aliphatic rings. The van der Waals surface area contributed by atoms with Gasteiger partial charge in [0.15, 0.2) is 0 Å². The van der Waals surface area contributed by atoms with Gasteiger partial charge in [0.05, 0.1) is 5.57 Å². The number of piperidine rings is 1. The molecule has 0 aromatic carbocycles. The first kappa shape index (κ1) is 19.5. The van der Waals surface area contributed by atoms with E-state index in [2.05, 4.69) is 4.90 Å². The lowest BCUT2D eigenvalue weighted by atomic mass is 10.0. The predicted octanol–water partition coefficient (Wildman–Crippen LogP) is 6.07. The number of alkyl halides is 3. The van der Waals surface area contributed by atoms with E-state index in [-0.39, 0.29) is 18.4 Å². The highest BCUT2D eigenvalue weighted by Gasteiger charge is 2.32. The lowest BCUT2D eigenvalue weighted by Gasteiger charge is -2.27. The van der Waals surface area contributed by atoms with Gasteiger partial charge in [0.25, 0.3) is 0 Å². The number of likely N-dealkylation sites (tertiary alicyclic amines) is 1. The average molecular weight is 331 g/mol. The lowest BCUT2D eigenvalue weighted by molar-refractivity contribution is -0.0884. The Labute approximate surface area is 136 Å². The quantitative estimate of drug-likeness (QED) is 0.436. The number of rotatable bonds is 5. The molecule has 0 N–H and O–H groups in total.